The summed E-state index contributed by atoms with van der Waals surface area (Å²) < 4.78 is 61.3. The van der Waals surface area contributed by atoms with E-state index in [4.69, 9.17) is 4.74 Å². The second-order valence-electron chi connectivity index (χ2n) is 5.38. The van der Waals surface area contributed by atoms with Crippen LogP contribution in [0.2, 0.25) is 0 Å². The van der Waals surface area contributed by atoms with E-state index in [1.54, 1.807) is 13.0 Å². The van der Waals surface area contributed by atoms with E-state index in [1.807, 2.05) is 0 Å². The lowest BCUT2D eigenvalue weighted by Gasteiger charge is -2.20. The first-order chi connectivity index (χ1) is 12.2. The maximum atomic E-state index is 13.5. The maximum absolute atomic E-state index is 13.5. The van der Waals surface area contributed by atoms with E-state index in [9.17, 15) is 22.0 Å². The summed E-state index contributed by atoms with van der Waals surface area (Å²) in [5, 5.41) is 0. The molecule has 0 heterocycles. The Balaban J connectivity index is 2.45. The number of rotatable bonds is 6. The molecule has 26 heavy (non-hydrogen) atoms. The average molecular weight is 382 g/mol. The summed E-state index contributed by atoms with van der Waals surface area (Å²) in [6.07, 6.45) is -4.10. The lowest BCUT2D eigenvalue weighted by molar-refractivity contribution is -0.146. The molecule has 0 saturated heterocycles. The number of carbonyl (C=O) groups excluding carboxylic acids is 1. The number of benzene rings is 2. The van der Waals surface area contributed by atoms with Gasteiger partial charge in [-0.25, -0.2) is 0 Å². The molecule has 0 saturated carbocycles. The lowest BCUT2D eigenvalue weighted by Crippen LogP contribution is -2.17. The number of hydrogen-bond acceptors (Lipinski definition) is 5. The van der Waals surface area contributed by atoms with Crippen LogP contribution in [0.4, 0.5) is 8.78 Å². The minimum Gasteiger partial charge on any atom is -0.449 e. The summed E-state index contributed by atoms with van der Waals surface area (Å²) in [5.41, 5.74) is 0.933. The highest BCUT2D eigenvalue weighted by Crippen LogP contribution is 2.33. The Labute approximate surface area is 150 Å². The van der Waals surface area contributed by atoms with Crippen LogP contribution in [0.25, 0.3) is 0 Å². The van der Waals surface area contributed by atoms with Crippen molar-refractivity contribution in [2.75, 3.05) is 0 Å². The fraction of sp³-hybridized carbons (Fsp3) is 0.167. The van der Waals surface area contributed by atoms with E-state index in [0.717, 1.165) is 12.5 Å². The minimum atomic E-state index is -4.54. The molecule has 0 N–H and O–H groups in total. The van der Waals surface area contributed by atoms with Gasteiger partial charge in [0.15, 0.2) is 6.10 Å². The molecular weight excluding hydrogens is 366 g/mol. The van der Waals surface area contributed by atoms with Crippen LogP contribution >= 0.6 is 0 Å². The van der Waals surface area contributed by atoms with Crippen LogP contribution in [0.1, 0.15) is 24.2 Å². The van der Waals surface area contributed by atoms with E-state index in [2.05, 4.69) is 4.18 Å². The smallest absolute Gasteiger partial charge is 0.339 e. The molecule has 2 aromatic carbocycles. The molecule has 1 unspecified atom stereocenters. The van der Waals surface area contributed by atoms with Gasteiger partial charge in [-0.3, -0.25) is 4.79 Å². The molecule has 2 aromatic rings. The van der Waals surface area contributed by atoms with Crippen molar-refractivity contribution in [3.63, 3.8) is 0 Å². The van der Waals surface area contributed by atoms with E-state index in [0.29, 0.717) is 0 Å². The largest absolute Gasteiger partial charge is 0.449 e. The number of carbonyl (C=O) groups is 1. The second-order valence-corrected chi connectivity index (χ2v) is 6.92. The van der Waals surface area contributed by atoms with Gasteiger partial charge in [0.1, 0.15) is 4.90 Å². The van der Waals surface area contributed by atoms with Gasteiger partial charge in [0.2, 0.25) is 5.76 Å². The van der Waals surface area contributed by atoms with Crippen LogP contribution < -0.4 is 0 Å². The molecule has 138 valence electrons. The summed E-state index contributed by atoms with van der Waals surface area (Å²) in [6.45, 7) is 2.77. The molecule has 0 amide bonds. The quantitative estimate of drug-likeness (QED) is 0.427. The molecule has 8 heteroatoms. The second kappa shape index (κ2) is 8.09. The van der Waals surface area contributed by atoms with Crippen molar-refractivity contribution >= 4 is 16.1 Å². The van der Waals surface area contributed by atoms with Gasteiger partial charge in [-0.15, -0.1) is 0 Å². The minimum absolute atomic E-state index is 0.143. The van der Waals surface area contributed by atoms with Crippen molar-refractivity contribution in [2.24, 2.45) is 0 Å². The Bertz CT molecular complexity index is 902. The number of esters is 1. The van der Waals surface area contributed by atoms with Crippen LogP contribution in [-0.2, 0) is 23.8 Å². The van der Waals surface area contributed by atoms with Gasteiger partial charge in [-0.05, 0) is 19.1 Å². The standard InChI is InChI=1S/C18H16F2O5S/c1-12-8-10-15(11-9-12)26(22,23)25-17(18(19)20)16(24-13(2)21)14-6-4-3-5-7-14/h3-11,16H,1-2H3. The Hall–Kier alpha value is -2.74. The zero-order valence-corrected chi connectivity index (χ0v) is 14.8. The van der Waals surface area contributed by atoms with Gasteiger partial charge in [-0.1, -0.05) is 48.0 Å². The summed E-state index contributed by atoms with van der Waals surface area (Å²) in [5.74, 6) is -2.12. The van der Waals surface area contributed by atoms with Crippen LogP contribution in [0.3, 0.4) is 0 Å². The highest BCUT2D eigenvalue weighted by atomic mass is 32.2. The fourth-order valence-corrected chi connectivity index (χ4v) is 3.06. The number of halogens is 2. The Kier molecular flexibility index (Phi) is 6.10. The number of aryl methyl sites for hydroxylation is 1. The van der Waals surface area contributed by atoms with Crippen molar-refractivity contribution < 1.29 is 30.9 Å². The normalized spacial score (nSPS) is 12.2. The van der Waals surface area contributed by atoms with Crippen molar-refractivity contribution in [3.05, 3.63) is 77.6 Å². The van der Waals surface area contributed by atoms with E-state index < -0.39 is 34.0 Å². The topological polar surface area (TPSA) is 69.7 Å². The zero-order chi connectivity index (χ0) is 19.3. The third kappa shape index (κ3) is 4.89. The van der Waals surface area contributed by atoms with Crippen molar-refractivity contribution in [3.8, 4) is 0 Å². The Morgan fingerprint density at radius 2 is 1.58 bits per heavy atom. The molecule has 0 fully saturated rings. The summed E-state index contributed by atoms with van der Waals surface area (Å²) in [7, 11) is -4.54. The molecule has 0 spiro atoms. The van der Waals surface area contributed by atoms with E-state index in [-0.39, 0.29) is 10.5 Å². The Morgan fingerprint density at radius 3 is 2.08 bits per heavy atom. The van der Waals surface area contributed by atoms with Gasteiger partial charge >= 0.3 is 22.2 Å². The van der Waals surface area contributed by atoms with Crippen LogP contribution in [0, 0.1) is 6.92 Å². The molecule has 2 rings (SSSR count). The predicted octanol–water partition coefficient (Wildman–Crippen LogP) is 4.11. The molecular formula is C18H16F2O5S. The van der Waals surface area contributed by atoms with Crippen LogP contribution in [0.5, 0.6) is 0 Å². The van der Waals surface area contributed by atoms with Crippen molar-refractivity contribution in [1.82, 2.24) is 0 Å². The molecule has 1 atom stereocenters. The molecule has 0 radical (unpaired) electrons. The van der Waals surface area contributed by atoms with Crippen molar-refractivity contribution in [1.29, 1.82) is 0 Å². The van der Waals surface area contributed by atoms with Crippen LogP contribution in [-0.4, -0.2) is 14.4 Å². The molecule has 0 aliphatic heterocycles. The predicted molar refractivity (Wildman–Crippen MR) is 89.6 cm³/mol. The maximum Gasteiger partial charge on any atom is 0.339 e. The first kappa shape index (κ1) is 19.6. The van der Waals surface area contributed by atoms with Crippen molar-refractivity contribution in [2.45, 2.75) is 24.8 Å². The third-order valence-electron chi connectivity index (χ3n) is 3.32. The molecule has 0 aliphatic rings. The molecule has 0 aliphatic carbocycles. The van der Waals surface area contributed by atoms with Gasteiger partial charge in [0.25, 0.3) is 0 Å². The number of hydrogen-bond donors (Lipinski definition) is 0. The third-order valence-corrected chi connectivity index (χ3v) is 4.57. The monoisotopic (exact) mass is 382 g/mol. The fourth-order valence-electron chi connectivity index (χ4n) is 2.11. The molecule has 0 bridgehead atoms. The molecule has 5 nitrogen and oxygen atoms in total. The van der Waals surface area contributed by atoms with Gasteiger partial charge in [0, 0.05) is 12.5 Å². The van der Waals surface area contributed by atoms with Gasteiger partial charge < -0.3 is 8.92 Å². The SMILES string of the molecule is CC(=O)OC(C(OS(=O)(=O)c1ccc(C)cc1)=C(F)F)c1ccccc1. The summed E-state index contributed by atoms with van der Waals surface area (Å²) in [6, 6.07) is 13.0. The molecule has 0 aromatic heterocycles. The highest BCUT2D eigenvalue weighted by molar-refractivity contribution is 7.86. The zero-order valence-electron chi connectivity index (χ0n) is 14.0. The average Bonchev–Trinajstić information content (AvgIpc) is 2.58. The lowest BCUT2D eigenvalue weighted by atomic mass is 10.1. The summed E-state index contributed by atoms with van der Waals surface area (Å²) >= 11 is 0. The highest BCUT2D eigenvalue weighted by Gasteiger charge is 2.31. The number of ether oxygens (including phenoxy) is 1. The first-order valence-corrected chi connectivity index (χ1v) is 8.90. The van der Waals surface area contributed by atoms with Gasteiger partial charge in [-0.2, -0.15) is 17.2 Å². The first-order valence-electron chi connectivity index (χ1n) is 7.49. The van der Waals surface area contributed by atoms with Crippen LogP contribution in [0.15, 0.2) is 71.3 Å². The Morgan fingerprint density at radius 1 is 1.00 bits per heavy atom. The summed E-state index contributed by atoms with van der Waals surface area (Å²) in [4.78, 5) is 11.0. The van der Waals surface area contributed by atoms with Gasteiger partial charge in [0.05, 0.1) is 0 Å². The van der Waals surface area contributed by atoms with E-state index >= 15 is 0 Å². The van der Waals surface area contributed by atoms with E-state index in [1.165, 1.54) is 48.5 Å².